The number of esters is 1. The quantitative estimate of drug-likeness (QED) is 0.0212. The number of nitrogens with one attached hydrogen (secondary N) is 1. The normalized spacial score (nSPS) is 13.8. The maximum Gasteiger partial charge on any atom is 0.306 e. The number of likely N-dealkylation sites (N-methyl/N-ethyl adjacent to an activating group) is 1. The number of hydrogen-bond donors (Lipinski definition) is 1. The number of amides is 1. The third kappa shape index (κ3) is 64.3. The lowest BCUT2D eigenvalue weighted by atomic mass is 10.0. The first-order valence-electron chi connectivity index (χ1n) is 35.9. The predicted molar refractivity (Wildman–Crippen MR) is 358 cm³/mol. The molecule has 0 heterocycles. The van der Waals surface area contributed by atoms with Gasteiger partial charge in [0, 0.05) is 12.8 Å². The van der Waals surface area contributed by atoms with E-state index in [2.05, 4.69) is 62.5 Å². The minimum Gasteiger partial charge on any atom is -0.756 e. The van der Waals surface area contributed by atoms with Crippen LogP contribution in [0, 0.1) is 0 Å². The van der Waals surface area contributed by atoms with Crippen molar-refractivity contribution in [3.8, 4) is 0 Å². The Morgan fingerprint density at radius 2 is 0.735 bits per heavy atom. The van der Waals surface area contributed by atoms with Gasteiger partial charge in [0.2, 0.25) is 5.91 Å². The van der Waals surface area contributed by atoms with Crippen LogP contribution in [0.25, 0.3) is 0 Å². The molecule has 0 aliphatic heterocycles. The molecule has 0 aromatic rings. The Hall–Kier alpha value is -2.03. The summed E-state index contributed by atoms with van der Waals surface area (Å²) in [5, 5.41) is 3.04. The highest BCUT2D eigenvalue weighted by Gasteiger charge is 2.27. The van der Waals surface area contributed by atoms with E-state index in [1.807, 2.05) is 33.3 Å². The average Bonchev–Trinajstić information content (AvgIpc) is 3.51. The maximum absolute atomic E-state index is 13.6. The molecule has 1 N–H and O–H groups in total. The second kappa shape index (κ2) is 63.0. The van der Waals surface area contributed by atoms with E-state index >= 15 is 0 Å². The minimum atomic E-state index is -4.70. The molecule has 3 unspecified atom stereocenters. The molecule has 0 saturated carbocycles. The molecule has 0 bridgehead atoms. The highest BCUT2D eigenvalue weighted by atomic mass is 31.2. The molecule has 0 radical (unpaired) electrons. The lowest BCUT2D eigenvalue weighted by Crippen LogP contribution is -2.47. The number of phosphoric acid groups is 1. The van der Waals surface area contributed by atoms with Crippen molar-refractivity contribution in [1.29, 1.82) is 0 Å². The second-order valence-electron chi connectivity index (χ2n) is 25.7. The fourth-order valence-corrected chi connectivity index (χ4v) is 11.4. The van der Waals surface area contributed by atoms with Crippen LogP contribution >= 0.6 is 7.82 Å². The number of rotatable bonds is 66. The molecule has 0 aliphatic rings. The van der Waals surface area contributed by atoms with E-state index in [1.54, 1.807) is 0 Å². The molecule has 0 fully saturated rings. The lowest BCUT2D eigenvalue weighted by molar-refractivity contribution is -0.870. The number of ether oxygens (including phenoxy) is 1. The molecule has 0 spiro atoms. The number of nitrogens with zero attached hydrogens (tertiary/aromatic N) is 1. The zero-order valence-corrected chi connectivity index (χ0v) is 56.8. The summed E-state index contributed by atoms with van der Waals surface area (Å²) in [6.45, 7) is 6.86. The van der Waals surface area contributed by atoms with E-state index in [9.17, 15) is 19.0 Å². The van der Waals surface area contributed by atoms with Crippen molar-refractivity contribution in [1.82, 2.24) is 5.32 Å². The van der Waals surface area contributed by atoms with Crippen molar-refractivity contribution in [2.45, 2.75) is 367 Å². The van der Waals surface area contributed by atoms with Gasteiger partial charge in [0.15, 0.2) is 0 Å². The first-order valence-corrected chi connectivity index (χ1v) is 37.4. The van der Waals surface area contributed by atoms with E-state index in [0.717, 1.165) is 64.2 Å². The van der Waals surface area contributed by atoms with Gasteiger partial charge in [-0.1, -0.05) is 301 Å². The number of quaternary nitrogens is 1. The molecule has 83 heavy (non-hydrogen) atoms. The van der Waals surface area contributed by atoms with Crippen molar-refractivity contribution in [3.63, 3.8) is 0 Å². The van der Waals surface area contributed by atoms with E-state index in [0.29, 0.717) is 17.4 Å². The number of hydrogen-bond acceptors (Lipinski definition) is 7. The van der Waals surface area contributed by atoms with Gasteiger partial charge in [-0.3, -0.25) is 14.2 Å². The summed E-state index contributed by atoms with van der Waals surface area (Å²) >= 11 is 0. The molecule has 0 rings (SSSR count). The van der Waals surface area contributed by atoms with Crippen LogP contribution in [0.1, 0.15) is 355 Å². The van der Waals surface area contributed by atoms with Crippen molar-refractivity contribution < 1.29 is 37.3 Å². The molecule has 0 aromatic heterocycles. The summed E-state index contributed by atoms with van der Waals surface area (Å²) in [4.78, 5) is 40.1. The van der Waals surface area contributed by atoms with Crippen LogP contribution in [0.4, 0.5) is 0 Å². The summed E-state index contributed by atoms with van der Waals surface area (Å²) in [6, 6.07) is -0.888. The van der Waals surface area contributed by atoms with Gasteiger partial charge >= 0.3 is 5.97 Å². The molecule has 0 aromatic carbocycles. The molecule has 9 nitrogen and oxygen atoms in total. The van der Waals surface area contributed by atoms with Gasteiger partial charge in [-0.2, -0.15) is 0 Å². The first-order chi connectivity index (χ1) is 40.4. The number of carbonyl (C=O) groups excluding carboxylic acids is 2. The molecule has 488 valence electrons. The molecule has 0 saturated heterocycles. The van der Waals surface area contributed by atoms with Gasteiger partial charge in [-0.15, -0.1) is 0 Å². The Morgan fingerprint density at radius 1 is 0.422 bits per heavy atom. The number of phosphoric ester groups is 1. The Morgan fingerprint density at radius 3 is 1.12 bits per heavy atom. The van der Waals surface area contributed by atoms with Crippen molar-refractivity contribution in [2.75, 3.05) is 40.9 Å². The van der Waals surface area contributed by atoms with E-state index in [-0.39, 0.29) is 31.5 Å². The average molecular weight is 1190 g/mol. The van der Waals surface area contributed by atoms with Gasteiger partial charge in [0.25, 0.3) is 7.82 Å². The minimum absolute atomic E-state index is 0.0209. The van der Waals surface area contributed by atoms with Crippen LogP contribution in [0.15, 0.2) is 48.6 Å². The molecule has 0 aliphatic carbocycles. The van der Waals surface area contributed by atoms with Gasteiger partial charge in [0.1, 0.15) is 19.3 Å². The smallest absolute Gasteiger partial charge is 0.306 e. The number of allylic oxidation sites excluding steroid dienone is 7. The summed E-state index contributed by atoms with van der Waals surface area (Å²) in [7, 11) is 1.20. The molecular formula is C73H139N2O7P. The fraction of sp³-hybridized carbons (Fsp3) is 0.863. The third-order valence-electron chi connectivity index (χ3n) is 16.2. The van der Waals surface area contributed by atoms with Crippen LogP contribution in [0.2, 0.25) is 0 Å². The van der Waals surface area contributed by atoms with Crippen LogP contribution in [-0.4, -0.2) is 69.4 Å². The summed E-state index contributed by atoms with van der Waals surface area (Å²) in [6.07, 6.45) is 79.5. The van der Waals surface area contributed by atoms with Gasteiger partial charge in [-0.25, -0.2) is 0 Å². The Bertz CT molecular complexity index is 1560. The third-order valence-corrected chi connectivity index (χ3v) is 17.2. The Labute approximate surface area is 516 Å². The Balaban J connectivity index is 4.95. The van der Waals surface area contributed by atoms with Gasteiger partial charge < -0.3 is 28.5 Å². The van der Waals surface area contributed by atoms with E-state index < -0.39 is 20.0 Å². The van der Waals surface area contributed by atoms with E-state index in [1.165, 1.54) is 257 Å². The standard InChI is InChI=1S/C73H139N2O7P/c1-7-10-13-16-19-22-25-27-29-31-33-34-35-36-37-38-39-40-42-44-46-48-51-54-57-60-63-66-73(77)82-71(64-61-58-55-52-49-24-21-18-15-12-9-3)70(69-81-83(78,79)80-68-67-75(4,5)6)74-72(76)65-62-59-56-53-50-47-45-43-41-32-30-28-26-23-20-17-14-11-8-2/h19,22,27-30,61,64,70-71H,7-18,20-21,23-26,31-60,62-63,65-69H2,1-6H3,(H-,74,76,78,79)/b22-19-,29-27-,30-28+,64-61-. The second-order valence-corrected chi connectivity index (χ2v) is 27.1. The summed E-state index contributed by atoms with van der Waals surface area (Å²) in [5.74, 6) is -0.528. The predicted octanol–water partition coefficient (Wildman–Crippen LogP) is 22.2. The van der Waals surface area contributed by atoms with Gasteiger partial charge in [-0.05, 0) is 89.5 Å². The highest BCUT2D eigenvalue weighted by Crippen LogP contribution is 2.38. The lowest BCUT2D eigenvalue weighted by Gasteiger charge is -2.30. The van der Waals surface area contributed by atoms with Crippen molar-refractivity contribution >= 4 is 19.7 Å². The largest absolute Gasteiger partial charge is 0.756 e. The SMILES string of the molecule is CCCCC/C=C\C/C=C\CCCCCCCCCCCCCCCCCCCC(=O)OC(/C=C\CCCCCCCCCCC)C(COP(=O)([O-])OCC[N+](C)(C)C)NC(=O)CCCCCCCCCCC/C=C/CCCCCCCC. The van der Waals surface area contributed by atoms with Crippen molar-refractivity contribution in [2.24, 2.45) is 0 Å². The van der Waals surface area contributed by atoms with Crippen LogP contribution in [-0.2, 0) is 27.9 Å². The fourth-order valence-electron chi connectivity index (χ4n) is 10.7. The maximum atomic E-state index is 13.6. The molecule has 1 amide bonds. The highest BCUT2D eigenvalue weighted by molar-refractivity contribution is 7.45. The molecular weight excluding hydrogens is 1050 g/mol. The topological polar surface area (TPSA) is 114 Å². The summed E-state index contributed by atoms with van der Waals surface area (Å²) < 4.78 is 30.4. The molecule has 3 atom stereocenters. The van der Waals surface area contributed by atoms with Crippen LogP contribution in [0.3, 0.4) is 0 Å². The van der Waals surface area contributed by atoms with E-state index in [4.69, 9.17) is 13.8 Å². The number of carbonyl (C=O) groups is 2. The van der Waals surface area contributed by atoms with Crippen LogP contribution < -0.4 is 10.2 Å². The van der Waals surface area contributed by atoms with Gasteiger partial charge in [0.05, 0.1) is 33.8 Å². The zero-order chi connectivity index (χ0) is 60.7. The van der Waals surface area contributed by atoms with Crippen molar-refractivity contribution in [3.05, 3.63) is 48.6 Å². The molecule has 10 heteroatoms. The monoisotopic (exact) mass is 1190 g/mol. The number of unbranched alkanes of at least 4 members (excludes halogenated alkanes) is 44. The summed E-state index contributed by atoms with van der Waals surface area (Å²) in [5.41, 5.74) is 0. The Kier molecular flexibility index (Phi) is 61.5. The van der Waals surface area contributed by atoms with Crippen LogP contribution in [0.5, 0.6) is 0 Å². The first kappa shape index (κ1) is 81.0. The zero-order valence-electron chi connectivity index (χ0n) is 55.9.